The van der Waals surface area contributed by atoms with E-state index in [9.17, 15) is 9.59 Å². The lowest BCUT2D eigenvalue weighted by molar-refractivity contribution is 0.141. The molecule has 0 spiro atoms. The molecule has 7 heteroatoms. The standard InChI is InChI=1S/C9H18N2O4Si/c1-4-5-16-15-9(13)11-10-8(12)14-6-7(2)3/h7H,4-6,16H2,1-3H3. The molecule has 0 fully saturated rings. The van der Waals surface area contributed by atoms with Crippen molar-refractivity contribution in [3.8, 4) is 0 Å². The summed E-state index contributed by atoms with van der Waals surface area (Å²) in [5.74, 6) is 0.225. The molecule has 0 aliphatic carbocycles. The van der Waals surface area contributed by atoms with Gasteiger partial charge >= 0.3 is 12.2 Å². The zero-order chi connectivity index (χ0) is 12.4. The van der Waals surface area contributed by atoms with E-state index in [-0.39, 0.29) is 12.5 Å². The van der Waals surface area contributed by atoms with E-state index < -0.39 is 21.9 Å². The summed E-state index contributed by atoms with van der Waals surface area (Å²) in [5, 5.41) is 6.18. The van der Waals surface area contributed by atoms with E-state index in [0.717, 1.165) is 12.5 Å². The molecule has 0 saturated carbocycles. The third-order valence-corrected chi connectivity index (χ3v) is 2.92. The molecule has 0 atom stereocenters. The number of azo groups is 1. The quantitative estimate of drug-likeness (QED) is 0.423. The number of amides is 2. The average molecular weight is 246 g/mol. The lowest BCUT2D eigenvalue weighted by Crippen LogP contribution is -2.07. The number of carbonyl (C=O) groups is 2. The highest BCUT2D eigenvalue weighted by molar-refractivity contribution is 6.30. The van der Waals surface area contributed by atoms with E-state index in [1.165, 1.54) is 0 Å². The van der Waals surface area contributed by atoms with Crippen LogP contribution >= 0.6 is 0 Å². The lowest BCUT2D eigenvalue weighted by Gasteiger charge is -2.02. The highest BCUT2D eigenvalue weighted by Crippen LogP contribution is 1.96. The van der Waals surface area contributed by atoms with Crippen LogP contribution < -0.4 is 0 Å². The second-order valence-corrected chi connectivity index (χ2v) is 5.04. The number of carbonyl (C=O) groups excluding carboxylic acids is 2. The fourth-order valence-electron chi connectivity index (χ4n) is 0.681. The molecule has 2 amide bonds. The van der Waals surface area contributed by atoms with Crippen molar-refractivity contribution >= 4 is 21.9 Å². The van der Waals surface area contributed by atoms with E-state index in [1.807, 2.05) is 20.8 Å². The van der Waals surface area contributed by atoms with Crippen LogP contribution in [0.5, 0.6) is 0 Å². The summed E-state index contributed by atoms with van der Waals surface area (Å²) in [6, 6.07) is 0.902. The van der Waals surface area contributed by atoms with Gasteiger partial charge in [-0.3, -0.25) is 0 Å². The molecule has 0 unspecified atom stereocenters. The Balaban J connectivity index is 3.71. The van der Waals surface area contributed by atoms with E-state index >= 15 is 0 Å². The van der Waals surface area contributed by atoms with Crippen LogP contribution in [-0.2, 0) is 9.16 Å². The molecule has 6 nitrogen and oxygen atoms in total. The molecule has 0 radical (unpaired) electrons. The van der Waals surface area contributed by atoms with Crippen molar-refractivity contribution in [2.45, 2.75) is 33.2 Å². The Morgan fingerprint density at radius 3 is 2.44 bits per heavy atom. The van der Waals surface area contributed by atoms with E-state index in [1.54, 1.807) is 0 Å². The van der Waals surface area contributed by atoms with Crippen LogP contribution in [0.4, 0.5) is 9.59 Å². The summed E-state index contributed by atoms with van der Waals surface area (Å²) in [6.45, 7) is 6.06. The van der Waals surface area contributed by atoms with Crippen molar-refractivity contribution < 1.29 is 18.8 Å². The summed E-state index contributed by atoms with van der Waals surface area (Å²) in [4.78, 5) is 21.8. The number of hydrogen-bond donors (Lipinski definition) is 0. The fourth-order valence-corrected chi connectivity index (χ4v) is 1.35. The Kier molecular flexibility index (Phi) is 8.32. The van der Waals surface area contributed by atoms with Gasteiger partial charge in [0.15, 0.2) is 0 Å². The first-order valence-electron chi connectivity index (χ1n) is 5.31. The van der Waals surface area contributed by atoms with Gasteiger partial charge in [-0.2, -0.15) is 0 Å². The van der Waals surface area contributed by atoms with Crippen molar-refractivity contribution in [1.82, 2.24) is 0 Å². The molecule has 0 rings (SSSR count). The van der Waals surface area contributed by atoms with E-state index in [0.29, 0.717) is 0 Å². The van der Waals surface area contributed by atoms with Gasteiger partial charge in [-0.05, 0) is 12.0 Å². The first kappa shape index (κ1) is 14.8. The van der Waals surface area contributed by atoms with Gasteiger partial charge in [0.1, 0.15) is 0 Å². The zero-order valence-electron chi connectivity index (χ0n) is 9.93. The smallest absolute Gasteiger partial charge is 0.452 e. The maximum absolute atomic E-state index is 10.9. The molecule has 92 valence electrons. The first-order chi connectivity index (χ1) is 7.56. The SMILES string of the molecule is CCC[SiH2]OC(=O)N=NC(=O)OCC(C)C. The van der Waals surface area contributed by atoms with Crippen LogP contribution in [0.3, 0.4) is 0 Å². The van der Waals surface area contributed by atoms with E-state index in [4.69, 9.17) is 4.43 Å². The minimum absolute atomic E-state index is 0.225. The average Bonchev–Trinajstić information content (AvgIpc) is 2.24. The van der Waals surface area contributed by atoms with Gasteiger partial charge in [0.25, 0.3) is 0 Å². The van der Waals surface area contributed by atoms with Crippen molar-refractivity contribution in [2.24, 2.45) is 16.1 Å². The van der Waals surface area contributed by atoms with E-state index in [2.05, 4.69) is 15.0 Å². The predicted octanol–water partition coefficient (Wildman–Crippen LogP) is 2.28. The maximum Gasteiger partial charge on any atom is 0.452 e. The Labute approximate surface area is 97.4 Å². The lowest BCUT2D eigenvalue weighted by atomic mass is 10.2. The molecule has 0 aromatic rings. The summed E-state index contributed by atoms with van der Waals surface area (Å²) in [5.41, 5.74) is 0. The van der Waals surface area contributed by atoms with Crippen molar-refractivity contribution in [2.75, 3.05) is 6.61 Å². The molecular weight excluding hydrogens is 228 g/mol. The first-order valence-corrected chi connectivity index (χ1v) is 6.89. The van der Waals surface area contributed by atoms with Crippen LogP contribution in [0.25, 0.3) is 0 Å². The summed E-state index contributed by atoms with van der Waals surface area (Å²) in [7, 11) is -0.861. The molecule has 16 heavy (non-hydrogen) atoms. The van der Waals surface area contributed by atoms with Gasteiger partial charge in [0.05, 0.1) is 6.61 Å². The Hall–Kier alpha value is -1.24. The molecule has 0 aliphatic heterocycles. The molecule has 0 aliphatic rings. The maximum atomic E-state index is 10.9. The van der Waals surface area contributed by atoms with Gasteiger partial charge in [-0.15, -0.1) is 0 Å². The fraction of sp³-hybridized carbons (Fsp3) is 0.778. The zero-order valence-corrected chi connectivity index (χ0v) is 11.3. The summed E-state index contributed by atoms with van der Waals surface area (Å²) in [6.07, 6.45) is -0.683. The highest BCUT2D eigenvalue weighted by Gasteiger charge is 2.04. The topological polar surface area (TPSA) is 77.3 Å². The number of hydrogen-bond acceptors (Lipinski definition) is 4. The van der Waals surface area contributed by atoms with Gasteiger partial charge < -0.3 is 9.16 Å². The van der Waals surface area contributed by atoms with Crippen LogP contribution in [0.1, 0.15) is 27.2 Å². The van der Waals surface area contributed by atoms with Crippen LogP contribution in [0.15, 0.2) is 10.2 Å². The van der Waals surface area contributed by atoms with Crippen LogP contribution in [-0.4, -0.2) is 28.6 Å². The number of rotatable bonds is 5. The molecule has 0 aromatic carbocycles. The highest BCUT2D eigenvalue weighted by atomic mass is 28.2. The van der Waals surface area contributed by atoms with Gasteiger partial charge in [-0.1, -0.05) is 37.4 Å². The monoisotopic (exact) mass is 246 g/mol. The second kappa shape index (κ2) is 9.02. The molecule has 0 N–H and O–H groups in total. The minimum Gasteiger partial charge on any atom is -0.507 e. The summed E-state index contributed by atoms with van der Waals surface area (Å²) < 4.78 is 9.47. The molecule has 0 saturated heterocycles. The Morgan fingerprint density at radius 1 is 1.25 bits per heavy atom. The predicted molar refractivity (Wildman–Crippen MR) is 61.2 cm³/mol. The van der Waals surface area contributed by atoms with Crippen molar-refractivity contribution in [1.29, 1.82) is 0 Å². The Morgan fingerprint density at radius 2 is 1.88 bits per heavy atom. The molecular formula is C9H18N2O4Si. The second-order valence-electron chi connectivity index (χ2n) is 3.64. The number of nitrogens with zero attached hydrogens (tertiary/aromatic N) is 2. The Bertz CT molecular complexity index is 256. The minimum atomic E-state index is -0.861. The third-order valence-electron chi connectivity index (χ3n) is 1.48. The van der Waals surface area contributed by atoms with Crippen molar-refractivity contribution in [3.05, 3.63) is 0 Å². The van der Waals surface area contributed by atoms with Crippen LogP contribution in [0.2, 0.25) is 6.04 Å². The molecule has 0 bridgehead atoms. The van der Waals surface area contributed by atoms with Crippen LogP contribution in [0, 0.1) is 5.92 Å². The largest absolute Gasteiger partial charge is 0.507 e. The molecule has 0 aromatic heterocycles. The van der Waals surface area contributed by atoms with Gasteiger partial charge in [0, 0.05) is 0 Å². The van der Waals surface area contributed by atoms with Gasteiger partial charge in [0.2, 0.25) is 9.76 Å². The normalized spacial score (nSPS) is 11.5. The molecule has 0 heterocycles. The number of ether oxygens (including phenoxy) is 1. The third kappa shape index (κ3) is 9.32. The summed E-state index contributed by atoms with van der Waals surface area (Å²) >= 11 is 0. The van der Waals surface area contributed by atoms with Gasteiger partial charge in [-0.25, -0.2) is 9.59 Å². The van der Waals surface area contributed by atoms with Crippen molar-refractivity contribution in [3.63, 3.8) is 0 Å².